The Morgan fingerprint density at radius 1 is 1.04 bits per heavy atom. The van der Waals surface area contributed by atoms with Gasteiger partial charge in [0.05, 0.1) is 0 Å². The molecule has 1 N–H and O–H groups in total. The summed E-state index contributed by atoms with van der Waals surface area (Å²) in [7, 11) is 0. The van der Waals surface area contributed by atoms with Crippen LogP contribution in [0.25, 0.3) is 16.7 Å². The lowest BCUT2D eigenvalue weighted by atomic mass is 9.86. The number of nitrogens with zero attached hydrogens (tertiary/aromatic N) is 2. The van der Waals surface area contributed by atoms with Gasteiger partial charge in [-0.05, 0) is 165 Å². The zero-order valence-electron chi connectivity index (χ0n) is 36.4. The van der Waals surface area contributed by atoms with Crippen LogP contribution in [0.5, 0.6) is 0 Å². The predicted octanol–water partition coefficient (Wildman–Crippen LogP) is 14.3. The molecule has 0 radical (unpaired) electrons. The maximum Gasteiger partial charge on any atom is 0.138 e. The third kappa shape index (κ3) is 10.9. The Balaban J connectivity index is 0.000000271. The third-order valence-corrected chi connectivity index (χ3v) is 13.4. The molecule has 1 saturated heterocycles. The van der Waals surface area contributed by atoms with Crippen molar-refractivity contribution in [3.63, 3.8) is 0 Å². The van der Waals surface area contributed by atoms with Gasteiger partial charge in [-0.2, -0.15) is 0 Å². The van der Waals surface area contributed by atoms with Crippen molar-refractivity contribution in [1.82, 2.24) is 10.2 Å². The number of likely N-dealkylation sites (tertiary alicyclic amines) is 1. The Bertz CT molecular complexity index is 1750. The second-order valence-electron chi connectivity index (χ2n) is 17.1. The highest BCUT2D eigenvalue weighted by Gasteiger charge is 2.73. The number of halogens is 2. The average Bonchev–Trinajstić information content (AvgIpc) is 4.08. The van der Waals surface area contributed by atoms with Gasteiger partial charge in [-0.3, -0.25) is 0 Å². The van der Waals surface area contributed by atoms with E-state index in [1.54, 1.807) is 12.3 Å². The maximum absolute atomic E-state index is 15.3. The molecule has 2 aromatic rings. The summed E-state index contributed by atoms with van der Waals surface area (Å²) in [4.78, 5) is 6.94. The number of benzene rings is 2. The first-order valence-corrected chi connectivity index (χ1v) is 21.7. The summed E-state index contributed by atoms with van der Waals surface area (Å²) < 4.78 is 30.0. The molecule has 2 atom stereocenters. The number of rotatable bonds is 14. The monoisotopic (exact) mass is 766 g/mol. The standard InChI is InChI=1S/C31H37F2N.C17H30N2.C3H6/c1-3-22-11-17-34(18-12-22)16-4-13-31(20-30(31)14-15-30)24-8-6-23(7-9-24)26-19-27(32)25-10-5-21(2)28(25)29(26)33;1-8-10-11-13(3)14(4)15(5)16(6)19-17(7)18-12-9-2;1-3-2/h6-9,19,22H,2-5,10-18,20H2,1H3;9,12,15H,6,8,10-11H2,1-5,7H3,(H,18,19);3H,1H2,2H3/b;12-9-,14-13-;. The second-order valence-corrected chi connectivity index (χ2v) is 17.1. The molecular formula is C51H73F2N3. The van der Waals surface area contributed by atoms with Crippen LogP contribution >= 0.6 is 0 Å². The van der Waals surface area contributed by atoms with Crippen molar-refractivity contribution in [2.24, 2.45) is 22.2 Å². The molecule has 1 aliphatic heterocycles. The largest absolute Gasteiger partial charge is 0.348 e. The summed E-state index contributed by atoms with van der Waals surface area (Å²) in [6, 6.07) is 9.83. The van der Waals surface area contributed by atoms with Crippen molar-refractivity contribution in [2.75, 3.05) is 19.6 Å². The molecule has 3 nitrogen and oxygen atoms in total. The summed E-state index contributed by atoms with van der Waals surface area (Å²) in [5.41, 5.74) is 8.93. The fourth-order valence-electron chi connectivity index (χ4n) is 9.15. The zero-order valence-corrected chi connectivity index (χ0v) is 36.4. The number of hydrogen-bond donors (Lipinski definition) is 1. The van der Waals surface area contributed by atoms with Gasteiger partial charge >= 0.3 is 0 Å². The van der Waals surface area contributed by atoms with Crippen LogP contribution in [-0.2, 0) is 11.8 Å². The van der Waals surface area contributed by atoms with Gasteiger partial charge in [0.2, 0.25) is 0 Å². The van der Waals surface area contributed by atoms with E-state index in [0.29, 0.717) is 46.3 Å². The van der Waals surface area contributed by atoms with Crippen molar-refractivity contribution >= 4 is 11.4 Å². The Hall–Kier alpha value is -3.57. The predicted molar refractivity (Wildman–Crippen MR) is 239 cm³/mol. The maximum atomic E-state index is 15.3. The molecule has 56 heavy (non-hydrogen) atoms. The van der Waals surface area contributed by atoms with Gasteiger partial charge in [0, 0.05) is 34.4 Å². The minimum atomic E-state index is -0.307. The van der Waals surface area contributed by atoms with Crippen LogP contribution in [0.15, 0.2) is 90.3 Å². The van der Waals surface area contributed by atoms with E-state index >= 15 is 4.39 Å². The minimum absolute atomic E-state index is 0.298. The number of fused-ring (bicyclic) bond motifs is 1. The van der Waals surface area contributed by atoms with E-state index in [-0.39, 0.29) is 11.6 Å². The first kappa shape index (κ1) is 45.1. The lowest BCUT2D eigenvalue weighted by Crippen LogP contribution is -2.34. The molecule has 5 heteroatoms. The number of hydrogen-bond acceptors (Lipinski definition) is 2. The van der Waals surface area contributed by atoms with Crippen LogP contribution in [0.2, 0.25) is 0 Å². The average molecular weight is 766 g/mol. The molecule has 0 aromatic heterocycles. The molecule has 0 amide bonds. The first-order valence-electron chi connectivity index (χ1n) is 21.7. The van der Waals surface area contributed by atoms with Gasteiger partial charge in [-0.15, -0.1) is 6.58 Å². The van der Waals surface area contributed by atoms with Crippen molar-refractivity contribution in [3.8, 4) is 11.1 Å². The van der Waals surface area contributed by atoms with E-state index in [1.807, 2.05) is 39.0 Å². The molecule has 3 aliphatic carbocycles. The lowest BCUT2D eigenvalue weighted by Gasteiger charge is -2.32. The van der Waals surface area contributed by atoms with Crippen molar-refractivity contribution in [2.45, 2.75) is 144 Å². The minimum Gasteiger partial charge on any atom is -0.348 e. The Kier molecular flexibility index (Phi) is 16.7. The molecule has 1 spiro atoms. The molecular weight excluding hydrogens is 693 g/mol. The molecule has 2 unspecified atom stereocenters. The van der Waals surface area contributed by atoms with Crippen LogP contribution in [-0.4, -0.2) is 30.4 Å². The van der Waals surface area contributed by atoms with Crippen LogP contribution in [0.1, 0.15) is 149 Å². The Morgan fingerprint density at radius 3 is 2.27 bits per heavy atom. The number of nitrogens with one attached hydrogen (secondary N) is 1. The fourth-order valence-corrected chi connectivity index (χ4v) is 9.15. The van der Waals surface area contributed by atoms with Crippen LogP contribution in [0.3, 0.4) is 0 Å². The Labute approximate surface area is 340 Å². The molecule has 0 bridgehead atoms. The molecule has 4 aliphatic rings. The van der Waals surface area contributed by atoms with Gasteiger partial charge in [0.25, 0.3) is 0 Å². The molecule has 2 aromatic carbocycles. The molecule has 2 saturated carbocycles. The zero-order chi connectivity index (χ0) is 41.0. The van der Waals surface area contributed by atoms with Crippen molar-refractivity contribution in [1.29, 1.82) is 0 Å². The number of allylic oxidation sites excluding steroid dienone is 5. The second kappa shape index (κ2) is 20.7. The van der Waals surface area contributed by atoms with Gasteiger partial charge in [-0.1, -0.05) is 94.3 Å². The number of amidine groups is 1. The number of aliphatic imine (C=N–C) groups is 1. The first-order chi connectivity index (χ1) is 26.8. The van der Waals surface area contributed by atoms with Crippen LogP contribution in [0, 0.1) is 28.9 Å². The van der Waals surface area contributed by atoms with Crippen molar-refractivity contribution < 1.29 is 8.78 Å². The van der Waals surface area contributed by atoms with Crippen molar-refractivity contribution in [3.05, 3.63) is 114 Å². The van der Waals surface area contributed by atoms with E-state index in [9.17, 15) is 4.39 Å². The highest BCUT2D eigenvalue weighted by molar-refractivity contribution is 5.81. The van der Waals surface area contributed by atoms with E-state index in [0.717, 1.165) is 28.6 Å². The summed E-state index contributed by atoms with van der Waals surface area (Å²) >= 11 is 0. The normalized spacial score (nSPS) is 21.0. The van der Waals surface area contributed by atoms with Crippen LogP contribution < -0.4 is 5.32 Å². The summed E-state index contributed by atoms with van der Waals surface area (Å²) in [5.74, 6) is 1.55. The summed E-state index contributed by atoms with van der Waals surface area (Å²) in [6.07, 6.45) is 20.9. The third-order valence-electron chi connectivity index (χ3n) is 13.4. The quantitative estimate of drug-likeness (QED) is 0.118. The number of piperidine rings is 1. The fraction of sp³-hybridized carbons (Fsp3) is 0.549. The van der Waals surface area contributed by atoms with E-state index < -0.39 is 0 Å². The Morgan fingerprint density at radius 2 is 1.70 bits per heavy atom. The van der Waals surface area contributed by atoms with E-state index in [2.05, 4.69) is 81.7 Å². The van der Waals surface area contributed by atoms with Gasteiger partial charge in [0.15, 0.2) is 0 Å². The highest BCUT2D eigenvalue weighted by Crippen LogP contribution is 2.80. The van der Waals surface area contributed by atoms with Crippen LogP contribution in [0.4, 0.5) is 8.78 Å². The summed E-state index contributed by atoms with van der Waals surface area (Å²) in [6.45, 7) is 32.2. The smallest absolute Gasteiger partial charge is 0.138 e. The topological polar surface area (TPSA) is 27.6 Å². The number of unbranched alkanes of at least 4 members (excludes halogenated alkanes) is 1. The lowest BCUT2D eigenvalue weighted by molar-refractivity contribution is 0.177. The van der Waals surface area contributed by atoms with Gasteiger partial charge < -0.3 is 10.2 Å². The summed E-state index contributed by atoms with van der Waals surface area (Å²) in [5, 5.41) is 3.28. The van der Waals surface area contributed by atoms with Gasteiger partial charge in [0.1, 0.15) is 17.5 Å². The molecule has 306 valence electrons. The highest BCUT2D eigenvalue weighted by atomic mass is 19.1. The molecule has 1 heterocycles. The molecule has 6 rings (SSSR count). The molecule has 3 fully saturated rings. The van der Waals surface area contributed by atoms with E-state index in [1.165, 1.54) is 113 Å². The SMILES string of the molecule is C=C(NC(C)=N/C=C\C)C(C)/C(C)=C(/C)CCCC.C=C1CCc2c(F)cc(-c3ccc(C4(CCCN5CCC(CC)CC5)CC45CC5)cc3)c(F)c21.C=CC. The van der Waals surface area contributed by atoms with E-state index in [4.69, 9.17) is 0 Å². The van der Waals surface area contributed by atoms with Gasteiger partial charge in [-0.25, -0.2) is 13.8 Å².